The number of nitrogens with two attached hydrogens (primary N) is 1. The van der Waals surface area contributed by atoms with E-state index in [9.17, 15) is 4.39 Å². The highest BCUT2D eigenvalue weighted by atomic mass is 32.2. The van der Waals surface area contributed by atoms with Gasteiger partial charge in [-0.15, -0.1) is 0 Å². The highest BCUT2D eigenvalue weighted by molar-refractivity contribution is 7.99. The van der Waals surface area contributed by atoms with E-state index in [0.717, 1.165) is 36.0 Å². The van der Waals surface area contributed by atoms with E-state index in [1.165, 1.54) is 12.3 Å². The Balaban J connectivity index is 2.25. The summed E-state index contributed by atoms with van der Waals surface area (Å²) in [6, 6.07) is 1.48. The number of hydrogen-bond acceptors (Lipinski definition) is 4. The molecule has 0 bridgehead atoms. The summed E-state index contributed by atoms with van der Waals surface area (Å²) in [5, 5.41) is 0. The molecule has 0 aromatic carbocycles. The first-order chi connectivity index (χ1) is 7.31. The number of thioether (sulfide) groups is 1. The minimum Gasteiger partial charge on any atom is -0.355 e. The summed E-state index contributed by atoms with van der Waals surface area (Å²) in [7, 11) is 0. The summed E-state index contributed by atoms with van der Waals surface area (Å²) in [6.07, 6.45) is 1.26. The van der Waals surface area contributed by atoms with Crippen molar-refractivity contribution in [1.82, 2.24) is 4.98 Å². The number of aromatic nitrogens is 1. The topological polar surface area (TPSA) is 42.1 Å². The van der Waals surface area contributed by atoms with Crippen molar-refractivity contribution in [1.29, 1.82) is 0 Å². The number of pyridine rings is 1. The lowest BCUT2D eigenvalue weighted by Gasteiger charge is -2.28. The van der Waals surface area contributed by atoms with Crippen LogP contribution in [0.3, 0.4) is 0 Å². The fourth-order valence-corrected chi connectivity index (χ4v) is 2.59. The minimum absolute atomic E-state index is 0.314. The molecule has 0 aliphatic carbocycles. The molecular formula is C10H14FN3S. The second-order valence-electron chi connectivity index (χ2n) is 3.44. The van der Waals surface area contributed by atoms with Crippen molar-refractivity contribution in [2.24, 2.45) is 5.73 Å². The molecule has 0 radical (unpaired) electrons. The first-order valence-electron chi connectivity index (χ1n) is 4.98. The van der Waals surface area contributed by atoms with Crippen molar-refractivity contribution in [3.63, 3.8) is 0 Å². The Morgan fingerprint density at radius 2 is 2.20 bits per heavy atom. The van der Waals surface area contributed by atoms with Crippen LogP contribution in [0.15, 0.2) is 12.3 Å². The first-order valence-corrected chi connectivity index (χ1v) is 6.14. The van der Waals surface area contributed by atoms with E-state index in [1.54, 1.807) is 0 Å². The molecule has 82 valence electrons. The van der Waals surface area contributed by atoms with Crippen LogP contribution >= 0.6 is 11.8 Å². The molecule has 1 aliphatic rings. The molecule has 0 amide bonds. The number of rotatable bonds is 2. The van der Waals surface area contributed by atoms with Gasteiger partial charge in [0.05, 0.1) is 6.20 Å². The van der Waals surface area contributed by atoms with Crippen molar-refractivity contribution in [3.05, 3.63) is 23.6 Å². The highest BCUT2D eigenvalue weighted by Crippen LogP contribution is 2.21. The average Bonchev–Trinajstić information content (AvgIpc) is 2.30. The second kappa shape index (κ2) is 4.81. The summed E-state index contributed by atoms with van der Waals surface area (Å²) in [5.41, 5.74) is 6.38. The number of hydrogen-bond donors (Lipinski definition) is 1. The van der Waals surface area contributed by atoms with Crippen LogP contribution < -0.4 is 10.6 Å². The molecule has 2 N–H and O–H groups in total. The minimum atomic E-state index is -0.314. The highest BCUT2D eigenvalue weighted by Gasteiger charge is 2.15. The summed E-state index contributed by atoms with van der Waals surface area (Å²) in [4.78, 5) is 6.31. The van der Waals surface area contributed by atoms with Crippen molar-refractivity contribution in [2.45, 2.75) is 6.54 Å². The van der Waals surface area contributed by atoms with E-state index in [0.29, 0.717) is 6.54 Å². The van der Waals surface area contributed by atoms with Crippen molar-refractivity contribution in [2.75, 3.05) is 29.5 Å². The largest absolute Gasteiger partial charge is 0.355 e. The molecular weight excluding hydrogens is 213 g/mol. The van der Waals surface area contributed by atoms with Gasteiger partial charge in [-0.25, -0.2) is 9.37 Å². The lowest BCUT2D eigenvalue weighted by Crippen LogP contribution is -2.34. The van der Waals surface area contributed by atoms with Gasteiger partial charge in [0.1, 0.15) is 11.6 Å². The molecule has 1 aromatic rings. The maximum Gasteiger partial charge on any atom is 0.141 e. The van der Waals surface area contributed by atoms with Gasteiger partial charge in [-0.2, -0.15) is 11.8 Å². The van der Waals surface area contributed by atoms with Gasteiger partial charge in [0.15, 0.2) is 0 Å². The second-order valence-corrected chi connectivity index (χ2v) is 4.66. The monoisotopic (exact) mass is 227 g/mol. The maximum absolute atomic E-state index is 13.0. The van der Waals surface area contributed by atoms with Gasteiger partial charge < -0.3 is 10.6 Å². The third-order valence-electron chi connectivity index (χ3n) is 2.44. The van der Waals surface area contributed by atoms with Crippen molar-refractivity contribution < 1.29 is 4.39 Å². The van der Waals surface area contributed by atoms with Gasteiger partial charge in [-0.3, -0.25) is 0 Å². The zero-order valence-electron chi connectivity index (χ0n) is 8.45. The molecule has 2 heterocycles. The van der Waals surface area contributed by atoms with Crippen molar-refractivity contribution in [3.8, 4) is 0 Å². The Hall–Kier alpha value is -0.810. The Bertz CT molecular complexity index is 339. The van der Waals surface area contributed by atoms with E-state index in [1.807, 2.05) is 11.8 Å². The third-order valence-corrected chi connectivity index (χ3v) is 3.38. The van der Waals surface area contributed by atoms with Crippen LogP contribution in [0.2, 0.25) is 0 Å². The predicted octanol–water partition coefficient (Wildman–Crippen LogP) is 1.23. The Morgan fingerprint density at radius 1 is 1.47 bits per heavy atom. The van der Waals surface area contributed by atoms with Gasteiger partial charge in [0, 0.05) is 36.7 Å². The summed E-state index contributed by atoms with van der Waals surface area (Å²) < 4.78 is 13.0. The Kier molecular flexibility index (Phi) is 3.43. The quantitative estimate of drug-likeness (QED) is 0.825. The molecule has 15 heavy (non-hydrogen) atoms. The number of anilines is 1. The predicted molar refractivity (Wildman–Crippen MR) is 61.6 cm³/mol. The van der Waals surface area contributed by atoms with E-state index < -0.39 is 0 Å². The molecule has 0 saturated carbocycles. The van der Waals surface area contributed by atoms with Gasteiger partial charge >= 0.3 is 0 Å². The number of nitrogens with zero attached hydrogens (tertiary/aromatic N) is 2. The summed E-state index contributed by atoms with van der Waals surface area (Å²) in [6.45, 7) is 2.27. The van der Waals surface area contributed by atoms with E-state index in [4.69, 9.17) is 5.73 Å². The molecule has 3 nitrogen and oxygen atoms in total. The SMILES string of the molecule is NCc1cc(F)cnc1N1CCSCC1. The smallest absolute Gasteiger partial charge is 0.141 e. The fourth-order valence-electron chi connectivity index (χ4n) is 1.68. The van der Waals surface area contributed by atoms with Crippen LogP contribution in [0.25, 0.3) is 0 Å². The Morgan fingerprint density at radius 3 is 2.87 bits per heavy atom. The normalized spacial score (nSPS) is 16.8. The molecule has 1 aromatic heterocycles. The van der Waals surface area contributed by atoms with Gasteiger partial charge in [0.2, 0.25) is 0 Å². The fraction of sp³-hybridized carbons (Fsp3) is 0.500. The van der Waals surface area contributed by atoms with E-state index >= 15 is 0 Å². The van der Waals surface area contributed by atoms with Gasteiger partial charge in [0.25, 0.3) is 0 Å². The maximum atomic E-state index is 13.0. The Labute approximate surface area is 92.9 Å². The lowest BCUT2D eigenvalue weighted by molar-refractivity contribution is 0.617. The molecule has 5 heteroatoms. The average molecular weight is 227 g/mol. The van der Waals surface area contributed by atoms with Gasteiger partial charge in [-0.1, -0.05) is 0 Å². The molecule has 0 unspecified atom stereocenters. The zero-order valence-corrected chi connectivity index (χ0v) is 9.26. The summed E-state index contributed by atoms with van der Waals surface area (Å²) >= 11 is 1.94. The van der Waals surface area contributed by atoms with Crippen LogP contribution in [0, 0.1) is 5.82 Å². The van der Waals surface area contributed by atoms with Crippen LogP contribution in [-0.2, 0) is 6.54 Å². The van der Waals surface area contributed by atoms with Crippen LogP contribution in [0.4, 0.5) is 10.2 Å². The van der Waals surface area contributed by atoms with Crippen LogP contribution in [-0.4, -0.2) is 29.6 Å². The summed E-state index contributed by atoms with van der Waals surface area (Å²) in [5.74, 6) is 2.73. The van der Waals surface area contributed by atoms with E-state index in [2.05, 4.69) is 9.88 Å². The lowest BCUT2D eigenvalue weighted by atomic mass is 10.2. The zero-order chi connectivity index (χ0) is 10.7. The number of halogens is 1. The van der Waals surface area contributed by atoms with Gasteiger partial charge in [-0.05, 0) is 6.07 Å². The molecule has 0 atom stereocenters. The molecule has 1 saturated heterocycles. The molecule has 2 rings (SSSR count). The van der Waals surface area contributed by atoms with Crippen LogP contribution in [0.5, 0.6) is 0 Å². The van der Waals surface area contributed by atoms with E-state index in [-0.39, 0.29) is 5.82 Å². The molecule has 0 spiro atoms. The standard InChI is InChI=1S/C10H14FN3S/c11-9-5-8(6-12)10(13-7-9)14-1-3-15-4-2-14/h5,7H,1-4,6,12H2. The van der Waals surface area contributed by atoms with Crippen molar-refractivity contribution >= 4 is 17.6 Å². The molecule has 1 aliphatic heterocycles. The third kappa shape index (κ3) is 2.41. The first kappa shape index (κ1) is 10.7. The van der Waals surface area contributed by atoms with Crippen LogP contribution in [0.1, 0.15) is 5.56 Å². The molecule has 1 fully saturated rings.